The van der Waals surface area contributed by atoms with Crippen molar-refractivity contribution in [3.05, 3.63) is 59.5 Å². The second kappa shape index (κ2) is 6.73. The number of nitrogens with one attached hydrogen (secondary N) is 1. The lowest BCUT2D eigenvalue weighted by atomic mass is 9.73. The van der Waals surface area contributed by atoms with Gasteiger partial charge in [-0.05, 0) is 80.6 Å². The van der Waals surface area contributed by atoms with Crippen LogP contribution in [-0.4, -0.2) is 29.9 Å². The van der Waals surface area contributed by atoms with Gasteiger partial charge in [0, 0.05) is 12.9 Å². The molecule has 4 atom stereocenters. The fraction of sp³-hybridized carbons (Fsp3) is 0.560. The lowest BCUT2D eigenvalue weighted by molar-refractivity contribution is 0.0791. The predicted octanol–water partition coefficient (Wildman–Crippen LogP) is 4.92. The maximum absolute atomic E-state index is 12.7. The highest BCUT2D eigenvalue weighted by molar-refractivity contribution is 5.94. The number of hydrogen-bond acceptors (Lipinski definition) is 3. The number of amides is 1. The molecule has 1 aromatic heterocycles. The number of carbonyl (C=O) groups is 1. The standard InChI is InChI=1S/C25H30N2O2.H2/c28-24(19-7-12-29-16-19)26-22-15-25(21-4-2-1-3-20(21)22)8-10-27(11-9-25)23-14-17-5-6-18(23)13-17;/h1-4,7,12,16-18,22-23H,5-6,8-11,13-15H2,(H,26,28);1H/t17-,18-,22+,23-;/m1./s1. The monoisotopic (exact) mass is 392 g/mol. The van der Waals surface area contributed by atoms with Crippen LogP contribution in [0.2, 0.25) is 0 Å². The fourth-order valence-electron chi connectivity index (χ4n) is 7.07. The van der Waals surface area contributed by atoms with Crippen LogP contribution in [0.3, 0.4) is 0 Å². The summed E-state index contributed by atoms with van der Waals surface area (Å²) >= 11 is 0. The molecule has 1 N–H and O–H groups in total. The first-order chi connectivity index (χ1) is 14.2. The topological polar surface area (TPSA) is 45.5 Å². The Labute approximate surface area is 174 Å². The first-order valence-corrected chi connectivity index (χ1v) is 11.4. The second-order valence-electron chi connectivity index (χ2n) is 9.89. The van der Waals surface area contributed by atoms with E-state index in [1.54, 1.807) is 12.3 Å². The van der Waals surface area contributed by atoms with Gasteiger partial charge in [-0.25, -0.2) is 0 Å². The molecule has 4 aliphatic rings. The van der Waals surface area contributed by atoms with E-state index in [-0.39, 0.29) is 18.8 Å². The quantitative estimate of drug-likeness (QED) is 0.806. The molecule has 2 bridgehead atoms. The Kier molecular flexibility index (Phi) is 4.12. The number of rotatable bonds is 3. The van der Waals surface area contributed by atoms with E-state index in [4.69, 9.17) is 4.42 Å². The van der Waals surface area contributed by atoms with E-state index in [1.807, 2.05) is 0 Å². The van der Waals surface area contributed by atoms with E-state index in [2.05, 4.69) is 34.5 Å². The van der Waals surface area contributed by atoms with E-state index in [9.17, 15) is 4.79 Å². The van der Waals surface area contributed by atoms with Crippen LogP contribution in [0.4, 0.5) is 0 Å². The summed E-state index contributed by atoms with van der Waals surface area (Å²) in [5, 5.41) is 3.28. The van der Waals surface area contributed by atoms with Gasteiger partial charge in [0.15, 0.2) is 0 Å². The molecule has 1 aromatic carbocycles. The van der Waals surface area contributed by atoms with E-state index in [0.29, 0.717) is 5.56 Å². The molecule has 3 fully saturated rings. The van der Waals surface area contributed by atoms with Gasteiger partial charge >= 0.3 is 0 Å². The van der Waals surface area contributed by atoms with Crippen LogP contribution in [0, 0.1) is 11.8 Å². The van der Waals surface area contributed by atoms with E-state index in [1.165, 1.54) is 69.0 Å². The van der Waals surface area contributed by atoms with Crippen LogP contribution in [0.15, 0.2) is 47.3 Å². The lowest BCUT2D eigenvalue weighted by Crippen LogP contribution is -2.48. The van der Waals surface area contributed by atoms with Crippen molar-refractivity contribution in [3.63, 3.8) is 0 Å². The zero-order valence-corrected chi connectivity index (χ0v) is 17.0. The van der Waals surface area contributed by atoms with Crippen molar-refractivity contribution in [1.29, 1.82) is 0 Å². The van der Waals surface area contributed by atoms with Crippen molar-refractivity contribution in [2.24, 2.45) is 11.8 Å². The Hall–Kier alpha value is -2.07. The summed E-state index contributed by atoms with van der Waals surface area (Å²) < 4.78 is 5.09. The maximum Gasteiger partial charge on any atom is 0.255 e. The van der Waals surface area contributed by atoms with Gasteiger partial charge in [-0.3, -0.25) is 4.79 Å². The van der Waals surface area contributed by atoms with Gasteiger partial charge in [0.1, 0.15) is 6.26 Å². The minimum atomic E-state index is -0.0324. The zero-order valence-electron chi connectivity index (χ0n) is 17.0. The molecule has 4 heteroatoms. The molecule has 2 heterocycles. The first kappa shape index (κ1) is 17.8. The van der Waals surface area contributed by atoms with Gasteiger partial charge in [-0.15, -0.1) is 0 Å². The van der Waals surface area contributed by atoms with Gasteiger partial charge in [-0.2, -0.15) is 0 Å². The molecular weight excluding hydrogens is 360 g/mol. The number of piperidine rings is 1. The molecule has 4 nitrogen and oxygen atoms in total. The molecule has 0 unspecified atom stereocenters. The van der Waals surface area contributed by atoms with Crippen LogP contribution in [0.5, 0.6) is 0 Å². The SMILES string of the molecule is O=C(N[C@H]1CC2(CCN([C@@H]3C[C@@H]4CC[C@@H]3C4)CC2)c2ccccc21)c1ccoc1.[HH]. The van der Waals surface area contributed by atoms with Crippen LogP contribution < -0.4 is 5.32 Å². The summed E-state index contributed by atoms with van der Waals surface area (Å²) in [6.07, 6.45) is 12.4. The van der Waals surface area contributed by atoms with Crippen LogP contribution >= 0.6 is 0 Å². The van der Waals surface area contributed by atoms with Crippen LogP contribution in [0.1, 0.15) is 73.9 Å². The first-order valence-electron chi connectivity index (χ1n) is 11.4. The second-order valence-corrected chi connectivity index (χ2v) is 9.89. The largest absolute Gasteiger partial charge is 0.472 e. The number of nitrogens with zero attached hydrogens (tertiary/aromatic N) is 1. The third-order valence-corrected chi connectivity index (χ3v) is 8.52. The Bertz CT molecular complexity index is 904. The highest BCUT2D eigenvalue weighted by Gasteiger charge is 2.49. The fourth-order valence-corrected chi connectivity index (χ4v) is 7.07. The number of furan rings is 1. The molecule has 6 rings (SSSR count). The minimum absolute atomic E-state index is 0. The maximum atomic E-state index is 12.7. The molecule has 2 aromatic rings. The average Bonchev–Trinajstić information content (AvgIpc) is 3.54. The van der Waals surface area contributed by atoms with Gasteiger partial charge in [-0.1, -0.05) is 30.7 Å². The molecule has 29 heavy (non-hydrogen) atoms. The highest BCUT2D eigenvalue weighted by atomic mass is 16.3. The Morgan fingerprint density at radius 2 is 2.00 bits per heavy atom. The van der Waals surface area contributed by atoms with Crippen LogP contribution in [-0.2, 0) is 5.41 Å². The minimum Gasteiger partial charge on any atom is -0.472 e. The summed E-state index contributed by atoms with van der Waals surface area (Å²) in [7, 11) is 0. The summed E-state index contributed by atoms with van der Waals surface area (Å²) in [4.78, 5) is 15.5. The summed E-state index contributed by atoms with van der Waals surface area (Å²) in [6, 6.07) is 11.5. The van der Waals surface area contributed by atoms with Crippen molar-refractivity contribution < 1.29 is 10.6 Å². The molecule has 0 radical (unpaired) electrons. The number of carbonyl (C=O) groups excluding carboxylic acids is 1. The van der Waals surface area contributed by atoms with Crippen LogP contribution in [0.25, 0.3) is 0 Å². The third-order valence-electron chi connectivity index (χ3n) is 8.52. The smallest absolute Gasteiger partial charge is 0.255 e. The molecule has 1 saturated heterocycles. The van der Waals surface area contributed by atoms with E-state index >= 15 is 0 Å². The normalized spacial score (nSPS) is 32.6. The molecule has 1 amide bonds. The number of fused-ring (bicyclic) bond motifs is 4. The van der Waals surface area contributed by atoms with Crippen molar-refractivity contribution >= 4 is 5.91 Å². The molecular formula is C25H32N2O2. The highest BCUT2D eigenvalue weighted by Crippen LogP contribution is 2.53. The van der Waals surface area contributed by atoms with Gasteiger partial charge in [0.2, 0.25) is 0 Å². The number of benzene rings is 1. The van der Waals surface area contributed by atoms with Crippen molar-refractivity contribution in [2.75, 3.05) is 13.1 Å². The Morgan fingerprint density at radius 1 is 1.14 bits per heavy atom. The van der Waals surface area contributed by atoms with Gasteiger partial charge in [0.05, 0.1) is 17.9 Å². The Balaban J connectivity index is 0.00000193. The lowest BCUT2D eigenvalue weighted by Gasteiger charge is -2.44. The predicted molar refractivity (Wildman–Crippen MR) is 114 cm³/mol. The van der Waals surface area contributed by atoms with E-state index < -0.39 is 0 Å². The summed E-state index contributed by atoms with van der Waals surface area (Å²) in [6.45, 7) is 2.43. The number of likely N-dealkylation sites (tertiary alicyclic amines) is 1. The summed E-state index contributed by atoms with van der Waals surface area (Å²) in [5.74, 6) is 1.94. The molecule has 1 aliphatic heterocycles. The molecule has 2 saturated carbocycles. The third kappa shape index (κ3) is 2.87. The zero-order chi connectivity index (χ0) is 19.4. The Morgan fingerprint density at radius 3 is 2.72 bits per heavy atom. The average molecular weight is 393 g/mol. The summed E-state index contributed by atoms with van der Waals surface area (Å²) in [5.41, 5.74) is 3.62. The molecule has 1 spiro atoms. The van der Waals surface area contributed by atoms with Gasteiger partial charge in [0.25, 0.3) is 5.91 Å². The number of hydrogen-bond donors (Lipinski definition) is 1. The van der Waals surface area contributed by atoms with Crippen molar-refractivity contribution in [1.82, 2.24) is 10.2 Å². The van der Waals surface area contributed by atoms with E-state index in [0.717, 1.165) is 24.3 Å². The van der Waals surface area contributed by atoms with Crippen molar-refractivity contribution in [2.45, 2.75) is 62.4 Å². The molecule has 3 aliphatic carbocycles. The van der Waals surface area contributed by atoms with Gasteiger partial charge < -0.3 is 14.6 Å². The molecule has 154 valence electrons. The van der Waals surface area contributed by atoms with Crippen molar-refractivity contribution in [3.8, 4) is 0 Å².